The first kappa shape index (κ1) is 64.9. The van der Waals surface area contributed by atoms with Gasteiger partial charge in [-0.3, -0.25) is 13.8 Å². The van der Waals surface area contributed by atoms with Crippen LogP contribution in [-0.4, -0.2) is 73.4 Å². The molecular formula is C58H108N2O6P+. The van der Waals surface area contributed by atoms with Crippen LogP contribution in [0.1, 0.15) is 239 Å². The molecule has 3 N–H and O–H groups in total. The number of phosphoric ester groups is 1. The Bertz CT molecular complexity index is 1320. The quantitative estimate of drug-likeness (QED) is 0.0243. The number of nitrogens with zero attached hydrogens (tertiary/aromatic N) is 1. The summed E-state index contributed by atoms with van der Waals surface area (Å²) in [4.78, 5) is 23.3. The maximum absolute atomic E-state index is 13.0. The SMILES string of the molecule is CC/C=C\C/C=C\C/C=C\C/C=C\CCCCCCCCCCC(=O)NC(COP(=O)(O)OCC[N+](C)(C)C)C(O)/C=C/CC/C=C/CCCCCCCCCCCCCCCCCCCC. The topological polar surface area (TPSA) is 105 Å². The smallest absolute Gasteiger partial charge is 0.387 e. The minimum Gasteiger partial charge on any atom is -0.387 e. The summed E-state index contributed by atoms with van der Waals surface area (Å²) in [5, 5.41) is 13.9. The molecule has 0 aromatic rings. The normalized spacial score (nSPS) is 14.6. The van der Waals surface area contributed by atoms with Crippen molar-refractivity contribution in [2.75, 3.05) is 40.9 Å². The van der Waals surface area contributed by atoms with Crippen molar-refractivity contribution < 1.29 is 32.9 Å². The molecule has 0 bridgehead atoms. The van der Waals surface area contributed by atoms with Gasteiger partial charge < -0.3 is 19.8 Å². The summed E-state index contributed by atoms with van der Waals surface area (Å²) in [6, 6.07) is -0.872. The number of quaternary nitrogens is 1. The number of carbonyl (C=O) groups is 1. The van der Waals surface area contributed by atoms with Crippen LogP contribution in [0.3, 0.4) is 0 Å². The summed E-state index contributed by atoms with van der Waals surface area (Å²) < 4.78 is 23.7. The van der Waals surface area contributed by atoms with Gasteiger partial charge in [-0.05, 0) is 70.6 Å². The van der Waals surface area contributed by atoms with E-state index < -0.39 is 20.0 Å². The van der Waals surface area contributed by atoms with E-state index in [0.717, 1.165) is 70.6 Å². The summed E-state index contributed by atoms with van der Waals surface area (Å²) in [6.07, 6.45) is 67.1. The molecule has 1 amide bonds. The molecule has 67 heavy (non-hydrogen) atoms. The van der Waals surface area contributed by atoms with Crippen molar-refractivity contribution in [2.24, 2.45) is 0 Å². The fraction of sp³-hybridized carbons (Fsp3) is 0.776. The number of hydrogen-bond acceptors (Lipinski definition) is 5. The van der Waals surface area contributed by atoms with Crippen LogP contribution in [0, 0.1) is 0 Å². The van der Waals surface area contributed by atoms with Crippen LogP contribution in [0.5, 0.6) is 0 Å². The van der Waals surface area contributed by atoms with E-state index in [9.17, 15) is 19.4 Å². The fourth-order valence-corrected chi connectivity index (χ4v) is 8.55. The van der Waals surface area contributed by atoms with E-state index in [1.54, 1.807) is 6.08 Å². The third-order valence-corrected chi connectivity index (χ3v) is 13.1. The van der Waals surface area contributed by atoms with E-state index in [2.05, 4.69) is 79.9 Å². The highest BCUT2D eigenvalue weighted by molar-refractivity contribution is 7.47. The zero-order valence-corrected chi connectivity index (χ0v) is 45.3. The third kappa shape index (κ3) is 51.6. The van der Waals surface area contributed by atoms with Crippen LogP contribution in [-0.2, 0) is 18.4 Å². The van der Waals surface area contributed by atoms with Gasteiger partial charge in [-0.15, -0.1) is 0 Å². The van der Waals surface area contributed by atoms with E-state index in [1.165, 1.54) is 148 Å². The molecule has 9 heteroatoms. The summed E-state index contributed by atoms with van der Waals surface area (Å²) in [5.41, 5.74) is 0. The summed E-state index contributed by atoms with van der Waals surface area (Å²) in [6.45, 7) is 4.69. The minimum atomic E-state index is -4.36. The van der Waals surface area contributed by atoms with Gasteiger partial charge in [0.1, 0.15) is 13.2 Å². The number of allylic oxidation sites excluding steroid dienone is 11. The van der Waals surface area contributed by atoms with Crippen LogP contribution < -0.4 is 5.32 Å². The predicted octanol–water partition coefficient (Wildman–Crippen LogP) is 16.7. The number of aliphatic hydroxyl groups is 1. The average Bonchev–Trinajstić information content (AvgIpc) is 3.29. The third-order valence-electron chi connectivity index (χ3n) is 12.2. The molecule has 0 saturated carbocycles. The van der Waals surface area contributed by atoms with Crippen LogP contribution in [0.2, 0.25) is 0 Å². The van der Waals surface area contributed by atoms with Gasteiger partial charge in [0, 0.05) is 6.42 Å². The predicted molar refractivity (Wildman–Crippen MR) is 290 cm³/mol. The largest absolute Gasteiger partial charge is 0.472 e. The zero-order valence-electron chi connectivity index (χ0n) is 44.4. The Hall–Kier alpha value is -2.06. The van der Waals surface area contributed by atoms with E-state index in [0.29, 0.717) is 17.4 Å². The molecule has 0 aromatic heterocycles. The summed E-state index contributed by atoms with van der Waals surface area (Å²) in [5.74, 6) is -0.196. The summed E-state index contributed by atoms with van der Waals surface area (Å²) >= 11 is 0. The molecular weight excluding hydrogens is 852 g/mol. The monoisotopic (exact) mass is 960 g/mol. The molecule has 8 nitrogen and oxygen atoms in total. The standard InChI is InChI=1S/C58H107N2O6P/c1-6-8-10-12-14-16-18-20-22-24-26-28-29-30-32-33-35-37-39-41-43-45-47-49-51-57(61)56(55-66-67(63,64)65-54-53-60(3,4)5)59-58(62)52-50-48-46-44-42-40-38-36-34-31-27-25-23-21-19-17-15-13-11-9-7-2/h9,11,15,17,21,23,27,31,41,43,49,51,56-57,61H,6-8,10,12-14,16,18-20,22,24-26,28-30,32-40,42,44-48,50,52-55H2,1-5H3,(H-,59,62,63,64)/p+1/b11-9-,17-15-,23-21-,31-27-,43-41+,51-49+. The first-order valence-electron chi connectivity index (χ1n) is 27.8. The molecule has 0 aliphatic rings. The van der Waals surface area contributed by atoms with Crippen LogP contribution in [0.15, 0.2) is 72.9 Å². The number of nitrogens with one attached hydrogen (secondary N) is 1. The van der Waals surface area contributed by atoms with Gasteiger partial charge >= 0.3 is 7.82 Å². The number of carbonyl (C=O) groups excluding carboxylic acids is 1. The van der Waals surface area contributed by atoms with E-state index in [1.807, 2.05) is 27.2 Å². The Morgan fingerprint density at radius 1 is 0.522 bits per heavy atom. The highest BCUT2D eigenvalue weighted by Gasteiger charge is 2.27. The molecule has 3 atom stereocenters. The Labute approximate surface area is 414 Å². The molecule has 0 saturated heterocycles. The molecule has 0 rings (SSSR count). The highest BCUT2D eigenvalue weighted by atomic mass is 31.2. The molecule has 390 valence electrons. The van der Waals surface area contributed by atoms with Crippen LogP contribution in [0.4, 0.5) is 0 Å². The number of aliphatic hydroxyl groups excluding tert-OH is 1. The van der Waals surface area contributed by atoms with Crippen molar-refractivity contribution >= 4 is 13.7 Å². The molecule has 0 aliphatic carbocycles. The Morgan fingerprint density at radius 2 is 0.910 bits per heavy atom. The van der Waals surface area contributed by atoms with Crippen molar-refractivity contribution in [3.63, 3.8) is 0 Å². The lowest BCUT2D eigenvalue weighted by Gasteiger charge is -2.25. The van der Waals surface area contributed by atoms with Gasteiger partial charge in [0.25, 0.3) is 0 Å². The van der Waals surface area contributed by atoms with Crippen LogP contribution >= 0.6 is 7.82 Å². The number of likely N-dealkylation sites (N-methyl/N-ethyl adjacent to an activating group) is 1. The second-order valence-corrected chi connectivity index (χ2v) is 21.4. The zero-order chi connectivity index (χ0) is 49.2. The van der Waals surface area contributed by atoms with E-state index in [-0.39, 0.29) is 19.1 Å². The second kappa shape index (κ2) is 48.9. The Balaban J connectivity index is 4.31. The van der Waals surface area contributed by atoms with Gasteiger partial charge in [0.2, 0.25) is 5.91 Å². The van der Waals surface area contributed by atoms with Gasteiger partial charge in [0.15, 0.2) is 0 Å². The lowest BCUT2D eigenvalue weighted by Crippen LogP contribution is -2.45. The number of phosphoric acid groups is 1. The maximum atomic E-state index is 13.0. The molecule has 0 fully saturated rings. The Morgan fingerprint density at radius 3 is 1.37 bits per heavy atom. The fourth-order valence-electron chi connectivity index (χ4n) is 7.81. The van der Waals surface area contributed by atoms with Crippen molar-refractivity contribution in [3.05, 3.63) is 72.9 Å². The first-order valence-corrected chi connectivity index (χ1v) is 29.3. The van der Waals surface area contributed by atoms with Crippen molar-refractivity contribution in [1.29, 1.82) is 0 Å². The van der Waals surface area contributed by atoms with Gasteiger partial charge in [0.05, 0.1) is 39.9 Å². The highest BCUT2D eigenvalue weighted by Crippen LogP contribution is 2.43. The van der Waals surface area contributed by atoms with Gasteiger partial charge in [-0.1, -0.05) is 234 Å². The second-order valence-electron chi connectivity index (χ2n) is 19.9. The number of rotatable bonds is 50. The van der Waals surface area contributed by atoms with Gasteiger partial charge in [-0.2, -0.15) is 0 Å². The van der Waals surface area contributed by atoms with Crippen molar-refractivity contribution in [1.82, 2.24) is 5.32 Å². The summed E-state index contributed by atoms with van der Waals surface area (Å²) in [7, 11) is 1.54. The molecule has 0 heterocycles. The minimum absolute atomic E-state index is 0.0514. The Kier molecular flexibility index (Phi) is 47.4. The molecule has 0 aliphatic heterocycles. The lowest BCUT2D eigenvalue weighted by atomic mass is 10.0. The maximum Gasteiger partial charge on any atom is 0.472 e. The van der Waals surface area contributed by atoms with Crippen molar-refractivity contribution in [3.8, 4) is 0 Å². The van der Waals surface area contributed by atoms with E-state index in [4.69, 9.17) is 9.05 Å². The number of amides is 1. The number of unbranched alkanes of at least 4 members (excludes halogenated alkanes) is 27. The van der Waals surface area contributed by atoms with Crippen molar-refractivity contribution in [2.45, 2.75) is 251 Å². The average molecular weight is 960 g/mol. The lowest BCUT2D eigenvalue weighted by molar-refractivity contribution is -0.870. The van der Waals surface area contributed by atoms with E-state index >= 15 is 0 Å². The molecule has 0 radical (unpaired) electrons. The molecule has 0 spiro atoms. The molecule has 3 unspecified atom stereocenters. The van der Waals surface area contributed by atoms with Gasteiger partial charge in [-0.25, -0.2) is 4.57 Å². The number of hydrogen-bond donors (Lipinski definition) is 3. The molecule has 0 aromatic carbocycles. The first-order chi connectivity index (χ1) is 32.5. The van der Waals surface area contributed by atoms with Crippen LogP contribution in [0.25, 0.3) is 0 Å².